The zero-order valence-electron chi connectivity index (χ0n) is 12.1. The number of hydrogen-bond acceptors (Lipinski definition) is 3. The van der Waals surface area contributed by atoms with Gasteiger partial charge in [0.05, 0.1) is 6.54 Å². The second kappa shape index (κ2) is 6.23. The van der Waals surface area contributed by atoms with Gasteiger partial charge in [0.1, 0.15) is 5.82 Å². The van der Waals surface area contributed by atoms with Crippen LogP contribution in [0.5, 0.6) is 0 Å². The van der Waals surface area contributed by atoms with Crippen molar-refractivity contribution >= 4 is 11.6 Å². The Morgan fingerprint density at radius 3 is 2.90 bits per heavy atom. The lowest BCUT2D eigenvalue weighted by Crippen LogP contribution is -2.21. The predicted octanol–water partition coefficient (Wildman–Crippen LogP) is 2.22. The quantitative estimate of drug-likeness (QED) is 0.908. The largest absolute Gasteiger partial charge is 0.378 e. The lowest BCUT2D eigenvalue weighted by atomic mass is 10.2. The molecule has 2 aromatic rings. The van der Waals surface area contributed by atoms with E-state index < -0.39 is 0 Å². The molecule has 0 spiro atoms. The van der Waals surface area contributed by atoms with Crippen molar-refractivity contribution < 1.29 is 4.79 Å². The topological polar surface area (TPSA) is 50.2 Å². The third kappa shape index (κ3) is 3.17. The van der Waals surface area contributed by atoms with E-state index in [0.717, 1.165) is 18.1 Å². The zero-order valence-corrected chi connectivity index (χ0v) is 12.1. The van der Waals surface area contributed by atoms with Gasteiger partial charge in [-0.3, -0.25) is 4.79 Å². The van der Waals surface area contributed by atoms with E-state index in [1.807, 2.05) is 30.5 Å². The van der Waals surface area contributed by atoms with E-state index in [-0.39, 0.29) is 5.91 Å². The maximum absolute atomic E-state index is 11.9. The van der Waals surface area contributed by atoms with E-state index in [2.05, 4.69) is 21.8 Å². The Balaban J connectivity index is 2.07. The Morgan fingerprint density at radius 2 is 2.20 bits per heavy atom. The van der Waals surface area contributed by atoms with E-state index in [4.69, 9.17) is 0 Å². The van der Waals surface area contributed by atoms with Crippen molar-refractivity contribution in [1.29, 1.82) is 0 Å². The molecular weight excluding hydrogens is 252 g/mol. The van der Waals surface area contributed by atoms with Crippen LogP contribution in [0.25, 0.3) is 0 Å². The molecule has 106 valence electrons. The fraction of sp³-hybridized carbons (Fsp3) is 0.333. The number of aryl methyl sites for hydroxylation is 1. The van der Waals surface area contributed by atoms with Gasteiger partial charge in [0, 0.05) is 44.3 Å². The summed E-state index contributed by atoms with van der Waals surface area (Å²) in [4.78, 5) is 17.8. The molecule has 1 aromatic heterocycles. The summed E-state index contributed by atoms with van der Waals surface area (Å²) in [6, 6.07) is 7.51. The number of aromatic nitrogens is 2. The molecule has 1 amide bonds. The van der Waals surface area contributed by atoms with Crippen molar-refractivity contribution in [3.63, 3.8) is 0 Å². The van der Waals surface area contributed by atoms with Gasteiger partial charge < -0.3 is 14.8 Å². The summed E-state index contributed by atoms with van der Waals surface area (Å²) in [6.07, 6.45) is 3.76. The summed E-state index contributed by atoms with van der Waals surface area (Å²) in [6.45, 7) is 3.62. The first-order valence-corrected chi connectivity index (χ1v) is 6.67. The smallest absolute Gasteiger partial charge is 0.253 e. The minimum absolute atomic E-state index is 0.00343. The van der Waals surface area contributed by atoms with Crippen LogP contribution < -0.4 is 5.32 Å². The summed E-state index contributed by atoms with van der Waals surface area (Å²) in [7, 11) is 3.50. The van der Waals surface area contributed by atoms with Crippen molar-refractivity contribution in [2.24, 2.45) is 0 Å². The number of nitrogens with one attached hydrogen (secondary N) is 1. The molecule has 0 bridgehead atoms. The zero-order chi connectivity index (χ0) is 14.5. The van der Waals surface area contributed by atoms with E-state index in [9.17, 15) is 4.79 Å². The number of nitrogens with zero attached hydrogens (tertiary/aromatic N) is 3. The Kier molecular flexibility index (Phi) is 4.40. The Morgan fingerprint density at radius 1 is 1.40 bits per heavy atom. The maximum atomic E-state index is 11.9. The van der Waals surface area contributed by atoms with E-state index in [0.29, 0.717) is 12.1 Å². The van der Waals surface area contributed by atoms with Crippen LogP contribution in [0.3, 0.4) is 0 Å². The second-order valence-electron chi connectivity index (χ2n) is 4.76. The standard InChI is InChI=1S/C15H20N4O/c1-4-19-9-8-16-14(19)11-17-13-7-5-6-12(10-13)15(20)18(2)3/h5-10,17H,4,11H2,1-3H3. The van der Waals surface area contributed by atoms with Crippen molar-refractivity contribution in [2.75, 3.05) is 19.4 Å². The van der Waals surface area contributed by atoms with Gasteiger partial charge in [0.15, 0.2) is 0 Å². The lowest BCUT2D eigenvalue weighted by molar-refractivity contribution is 0.0827. The first-order chi connectivity index (χ1) is 9.61. The van der Waals surface area contributed by atoms with Crippen LogP contribution in [-0.4, -0.2) is 34.5 Å². The van der Waals surface area contributed by atoms with Crippen molar-refractivity contribution in [3.8, 4) is 0 Å². The second-order valence-corrected chi connectivity index (χ2v) is 4.76. The van der Waals surface area contributed by atoms with Crippen molar-refractivity contribution in [3.05, 3.63) is 48.0 Å². The van der Waals surface area contributed by atoms with Crippen molar-refractivity contribution in [2.45, 2.75) is 20.0 Å². The number of amides is 1. The fourth-order valence-electron chi connectivity index (χ4n) is 2.00. The summed E-state index contributed by atoms with van der Waals surface area (Å²) < 4.78 is 2.09. The van der Waals surface area contributed by atoms with Gasteiger partial charge in [0.25, 0.3) is 5.91 Å². The van der Waals surface area contributed by atoms with Crippen molar-refractivity contribution in [1.82, 2.24) is 14.5 Å². The van der Waals surface area contributed by atoms with E-state index in [1.54, 1.807) is 25.2 Å². The van der Waals surface area contributed by atoms with Gasteiger partial charge in [-0.25, -0.2) is 4.98 Å². The Labute approximate surface area is 119 Å². The number of carbonyl (C=O) groups is 1. The van der Waals surface area contributed by atoms with Gasteiger partial charge in [0.2, 0.25) is 0 Å². The molecule has 1 heterocycles. The molecule has 0 saturated carbocycles. The van der Waals surface area contributed by atoms with E-state index in [1.165, 1.54) is 0 Å². The number of carbonyl (C=O) groups excluding carboxylic acids is 1. The minimum Gasteiger partial charge on any atom is -0.378 e. The number of imidazole rings is 1. The molecule has 0 saturated heterocycles. The molecule has 20 heavy (non-hydrogen) atoms. The average Bonchev–Trinajstić information content (AvgIpc) is 2.92. The normalized spacial score (nSPS) is 10.3. The molecule has 0 radical (unpaired) electrons. The SMILES string of the molecule is CCn1ccnc1CNc1cccc(C(=O)N(C)C)c1. The van der Waals surface area contributed by atoms with Gasteiger partial charge in [-0.1, -0.05) is 6.07 Å². The average molecular weight is 272 g/mol. The molecule has 1 N–H and O–H groups in total. The van der Waals surface area contributed by atoms with Crippen LogP contribution in [0, 0.1) is 0 Å². The fourth-order valence-corrected chi connectivity index (χ4v) is 2.00. The highest BCUT2D eigenvalue weighted by molar-refractivity contribution is 5.94. The van der Waals surface area contributed by atoms with Crippen LogP contribution in [0.1, 0.15) is 23.1 Å². The molecule has 2 rings (SSSR count). The van der Waals surface area contributed by atoms with Gasteiger partial charge in [-0.2, -0.15) is 0 Å². The third-order valence-corrected chi connectivity index (χ3v) is 3.11. The molecule has 0 atom stereocenters. The number of hydrogen-bond donors (Lipinski definition) is 1. The molecule has 1 aromatic carbocycles. The number of anilines is 1. The Bertz CT molecular complexity index is 589. The Hall–Kier alpha value is -2.30. The van der Waals surface area contributed by atoms with Crippen LogP contribution >= 0.6 is 0 Å². The van der Waals surface area contributed by atoms with Crippen LogP contribution in [0.15, 0.2) is 36.7 Å². The maximum Gasteiger partial charge on any atom is 0.253 e. The molecular formula is C15H20N4O. The molecule has 0 unspecified atom stereocenters. The molecule has 5 nitrogen and oxygen atoms in total. The molecule has 0 fully saturated rings. The summed E-state index contributed by atoms with van der Waals surface area (Å²) in [5, 5.41) is 3.30. The number of benzene rings is 1. The number of rotatable bonds is 5. The third-order valence-electron chi connectivity index (χ3n) is 3.11. The molecule has 5 heteroatoms. The summed E-state index contributed by atoms with van der Waals surface area (Å²) >= 11 is 0. The highest BCUT2D eigenvalue weighted by atomic mass is 16.2. The van der Waals surface area contributed by atoms with Gasteiger partial charge in [-0.05, 0) is 25.1 Å². The van der Waals surface area contributed by atoms with Crippen LogP contribution in [-0.2, 0) is 13.1 Å². The van der Waals surface area contributed by atoms with Gasteiger partial charge >= 0.3 is 0 Å². The van der Waals surface area contributed by atoms with Gasteiger partial charge in [-0.15, -0.1) is 0 Å². The molecule has 0 aliphatic rings. The minimum atomic E-state index is 0.00343. The molecule has 0 aliphatic heterocycles. The first-order valence-electron chi connectivity index (χ1n) is 6.67. The summed E-state index contributed by atoms with van der Waals surface area (Å²) in [5.74, 6) is 0.987. The highest BCUT2D eigenvalue weighted by Crippen LogP contribution is 2.13. The lowest BCUT2D eigenvalue weighted by Gasteiger charge is -2.12. The first kappa shape index (κ1) is 14.1. The van der Waals surface area contributed by atoms with Crippen LogP contribution in [0.4, 0.5) is 5.69 Å². The highest BCUT2D eigenvalue weighted by Gasteiger charge is 2.08. The van der Waals surface area contributed by atoms with Crippen LogP contribution in [0.2, 0.25) is 0 Å². The monoisotopic (exact) mass is 272 g/mol. The predicted molar refractivity (Wildman–Crippen MR) is 79.7 cm³/mol. The summed E-state index contributed by atoms with van der Waals surface area (Å²) in [5.41, 5.74) is 1.60. The molecule has 0 aliphatic carbocycles. The van der Waals surface area contributed by atoms with E-state index >= 15 is 0 Å².